The highest BCUT2D eigenvalue weighted by Gasteiger charge is 2.18. The third-order valence-electron chi connectivity index (χ3n) is 4.77. The second-order valence-electron chi connectivity index (χ2n) is 7.05. The van der Waals surface area contributed by atoms with Crippen LogP contribution < -0.4 is 5.32 Å². The smallest absolute Gasteiger partial charge is 0.271 e. The lowest BCUT2D eigenvalue weighted by molar-refractivity contribution is -0.384. The Kier molecular flexibility index (Phi) is 6.06. The Labute approximate surface area is 191 Å². The number of thioether (sulfide) groups is 1. The lowest BCUT2D eigenvalue weighted by Crippen LogP contribution is -2.14. The molecule has 0 aliphatic rings. The molecule has 1 amide bonds. The summed E-state index contributed by atoms with van der Waals surface area (Å²) in [5.74, 6) is -0.647. The van der Waals surface area contributed by atoms with E-state index in [1.807, 2.05) is 26.0 Å². The molecule has 4 rings (SSSR count). The molecule has 0 bridgehead atoms. The first-order valence-electron chi connectivity index (χ1n) is 9.54. The van der Waals surface area contributed by atoms with Crippen LogP contribution in [0.3, 0.4) is 0 Å². The van der Waals surface area contributed by atoms with Gasteiger partial charge in [-0.05, 0) is 25.5 Å². The number of amides is 1. The standard InChI is InChI=1S/C22H18N4O4S2/c1-12-3-5-14(6-4-12)19-13(2)32-22-20(19)21(23-11-24-22)31-10-18(28)25-16-9-15(26(29)30)7-8-17(16)27/h3-9,11,27H,10H2,1-2H3,(H,25,28). The molecule has 32 heavy (non-hydrogen) atoms. The Balaban J connectivity index is 1.59. The molecule has 4 aromatic rings. The van der Waals surface area contributed by atoms with Crippen LogP contribution in [0.25, 0.3) is 21.3 Å². The van der Waals surface area contributed by atoms with Crippen molar-refractivity contribution in [2.45, 2.75) is 18.9 Å². The summed E-state index contributed by atoms with van der Waals surface area (Å²) in [5.41, 5.74) is 3.04. The number of phenols is 1. The number of aryl methyl sites for hydroxylation is 2. The van der Waals surface area contributed by atoms with Gasteiger partial charge in [-0.2, -0.15) is 0 Å². The van der Waals surface area contributed by atoms with Crippen LogP contribution in [0, 0.1) is 24.0 Å². The maximum atomic E-state index is 12.5. The summed E-state index contributed by atoms with van der Waals surface area (Å²) >= 11 is 2.82. The maximum absolute atomic E-state index is 12.5. The van der Waals surface area contributed by atoms with Gasteiger partial charge in [0.15, 0.2) is 0 Å². The van der Waals surface area contributed by atoms with E-state index in [4.69, 9.17) is 0 Å². The second kappa shape index (κ2) is 8.93. The van der Waals surface area contributed by atoms with Gasteiger partial charge in [0.25, 0.3) is 5.69 Å². The van der Waals surface area contributed by atoms with Gasteiger partial charge in [-0.15, -0.1) is 11.3 Å². The molecule has 0 aliphatic carbocycles. The van der Waals surface area contributed by atoms with Gasteiger partial charge >= 0.3 is 0 Å². The number of carbonyl (C=O) groups is 1. The number of aromatic nitrogens is 2. The van der Waals surface area contributed by atoms with Gasteiger partial charge in [-0.1, -0.05) is 41.6 Å². The Morgan fingerprint density at radius 2 is 1.94 bits per heavy atom. The molecular formula is C22H18N4O4S2. The summed E-state index contributed by atoms with van der Waals surface area (Å²) in [4.78, 5) is 33.6. The Morgan fingerprint density at radius 1 is 1.19 bits per heavy atom. The van der Waals surface area contributed by atoms with Crippen LogP contribution in [-0.2, 0) is 4.79 Å². The average molecular weight is 467 g/mol. The number of carbonyl (C=O) groups excluding carboxylic acids is 1. The monoisotopic (exact) mass is 466 g/mol. The van der Waals surface area contributed by atoms with Crippen LogP contribution in [0.5, 0.6) is 5.75 Å². The summed E-state index contributed by atoms with van der Waals surface area (Å²) in [7, 11) is 0. The predicted octanol–water partition coefficient (Wildman–Crippen LogP) is 5.32. The topological polar surface area (TPSA) is 118 Å². The molecule has 0 saturated carbocycles. The van der Waals surface area contributed by atoms with Gasteiger partial charge in [-0.3, -0.25) is 14.9 Å². The first-order valence-corrected chi connectivity index (χ1v) is 11.3. The number of anilines is 1. The van der Waals surface area contributed by atoms with Crippen molar-refractivity contribution in [3.63, 3.8) is 0 Å². The van der Waals surface area contributed by atoms with Gasteiger partial charge in [0, 0.05) is 22.6 Å². The van der Waals surface area contributed by atoms with Crippen molar-refractivity contribution >= 4 is 50.6 Å². The minimum absolute atomic E-state index is 0.00985. The highest BCUT2D eigenvalue weighted by molar-refractivity contribution is 8.00. The molecule has 10 heteroatoms. The van der Waals surface area contributed by atoms with Crippen molar-refractivity contribution in [2.24, 2.45) is 0 Å². The molecule has 2 heterocycles. The molecule has 162 valence electrons. The van der Waals surface area contributed by atoms with E-state index in [0.29, 0.717) is 5.03 Å². The van der Waals surface area contributed by atoms with Gasteiger partial charge < -0.3 is 10.4 Å². The fourth-order valence-corrected chi connectivity index (χ4v) is 5.13. The van der Waals surface area contributed by atoms with Crippen molar-refractivity contribution in [1.29, 1.82) is 0 Å². The molecule has 8 nitrogen and oxygen atoms in total. The van der Waals surface area contributed by atoms with Crippen LogP contribution >= 0.6 is 23.1 Å². The number of thiophene rings is 1. The molecule has 0 spiro atoms. The first-order chi connectivity index (χ1) is 15.3. The van der Waals surface area contributed by atoms with Gasteiger partial charge in [-0.25, -0.2) is 9.97 Å². The van der Waals surface area contributed by atoms with Crippen molar-refractivity contribution in [1.82, 2.24) is 9.97 Å². The average Bonchev–Trinajstić information content (AvgIpc) is 3.10. The summed E-state index contributed by atoms with van der Waals surface area (Å²) in [6.07, 6.45) is 1.48. The van der Waals surface area contributed by atoms with Crippen molar-refractivity contribution in [3.8, 4) is 16.9 Å². The van der Waals surface area contributed by atoms with Gasteiger partial charge in [0.1, 0.15) is 21.9 Å². The number of benzene rings is 2. The molecule has 0 radical (unpaired) electrons. The van der Waals surface area contributed by atoms with E-state index in [0.717, 1.165) is 37.9 Å². The number of non-ortho nitro benzene ring substituents is 1. The molecule has 2 aromatic heterocycles. The van der Waals surface area contributed by atoms with E-state index in [2.05, 4.69) is 27.4 Å². The number of aromatic hydroxyl groups is 1. The van der Waals surface area contributed by atoms with Crippen LogP contribution in [-0.4, -0.2) is 31.7 Å². The van der Waals surface area contributed by atoms with E-state index in [9.17, 15) is 20.0 Å². The quantitative estimate of drug-likeness (QED) is 0.130. The zero-order valence-electron chi connectivity index (χ0n) is 17.2. The van der Waals surface area contributed by atoms with Crippen LogP contribution in [0.15, 0.2) is 53.8 Å². The Hall–Kier alpha value is -3.50. The van der Waals surface area contributed by atoms with E-state index < -0.39 is 10.8 Å². The van der Waals surface area contributed by atoms with Crippen LogP contribution in [0.2, 0.25) is 0 Å². The van der Waals surface area contributed by atoms with Crippen LogP contribution in [0.4, 0.5) is 11.4 Å². The summed E-state index contributed by atoms with van der Waals surface area (Å²) < 4.78 is 0. The summed E-state index contributed by atoms with van der Waals surface area (Å²) in [5, 5.41) is 25.0. The third kappa shape index (κ3) is 4.41. The SMILES string of the molecule is Cc1ccc(-c2c(C)sc3ncnc(SCC(=O)Nc4cc([N+](=O)[O-])ccc4O)c23)cc1. The zero-order chi connectivity index (χ0) is 22.8. The fraction of sp³-hybridized carbons (Fsp3) is 0.136. The van der Waals surface area contributed by atoms with Crippen molar-refractivity contribution < 1.29 is 14.8 Å². The number of nitrogens with one attached hydrogen (secondary N) is 1. The fourth-order valence-electron chi connectivity index (χ4n) is 3.25. The lowest BCUT2D eigenvalue weighted by Gasteiger charge is -2.08. The normalized spacial score (nSPS) is 10.9. The predicted molar refractivity (Wildman–Crippen MR) is 126 cm³/mol. The lowest BCUT2D eigenvalue weighted by atomic mass is 10.0. The second-order valence-corrected chi connectivity index (χ2v) is 9.22. The highest BCUT2D eigenvalue weighted by atomic mass is 32.2. The number of nitro benzene ring substituents is 1. The molecule has 2 aromatic carbocycles. The van der Waals surface area contributed by atoms with E-state index in [-0.39, 0.29) is 22.9 Å². The zero-order valence-corrected chi connectivity index (χ0v) is 18.8. The number of hydrogen-bond donors (Lipinski definition) is 2. The maximum Gasteiger partial charge on any atom is 0.271 e. The molecule has 0 fully saturated rings. The molecule has 0 aliphatic heterocycles. The minimum Gasteiger partial charge on any atom is -0.506 e. The molecule has 0 saturated heterocycles. The number of nitrogens with zero attached hydrogens (tertiary/aromatic N) is 3. The molecular weight excluding hydrogens is 448 g/mol. The van der Waals surface area contributed by atoms with Crippen molar-refractivity contribution in [2.75, 3.05) is 11.1 Å². The van der Waals surface area contributed by atoms with E-state index in [1.165, 1.54) is 30.2 Å². The third-order valence-corrected chi connectivity index (χ3v) is 6.78. The van der Waals surface area contributed by atoms with E-state index >= 15 is 0 Å². The summed E-state index contributed by atoms with van der Waals surface area (Å²) in [6, 6.07) is 11.7. The summed E-state index contributed by atoms with van der Waals surface area (Å²) in [6.45, 7) is 4.07. The van der Waals surface area contributed by atoms with Crippen LogP contribution in [0.1, 0.15) is 10.4 Å². The first kappa shape index (κ1) is 21.7. The molecule has 0 unspecified atom stereocenters. The van der Waals surface area contributed by atoms with Gasteiger partial charge in [0.05, 0.1) is 21.7 Å². The van der Waals surface area contributed by atoms with E-state index in [1.54, 1.807) is 11.3 Å². The van der Waals surface area contributed by atoms with Gasteiger partial charge in [0.2, 0.25) is 5.91 Å². The largest absolute Gasteiger partial charge is 0.506 e. The number of nitro groups is 1. The number of rotatable bonds is 6. The number of phenolic OH excluding ortho intramolecular Hbond substituents is 1. The Bertz CT molecular complexity index is 1340. The molecule has 2 N–H and O–H groups in total. The highest BCUT2D eigenvalue weighted by Crippen LogP contribution is 2.41. The Morgan fingerprint density at radius 3 is 2.66 bits per heavy atom. The number of fused-ring (bicyclic) bond motifs is 1. The molecule has 0 atom stereocenters. The van der Waals surface area contributed by atoms with Crippen molar-refractivity contribution in [3.05, 3.63) is 69.3 Å². The number of hydrogen-bond acceptors (Lipinski definition) is 8. The minimum atomic E-state index is -0.590.